The Kier molecular flexibility index (Phi) is 7.01. The van der Waals surface area contributed by atoms with Gasteiger partial charge in [0.15, 0.2) is 0 Å². The highest BCUT2D eigenvalue weighted by molar-refractivity contribution is 5.27. The lowest BCUT2D eigenvalue weighted by Gasteiger charge is -2.53. The van der Waals surface area contributed by atoms with Crippen molar-refractivity contribution in [1.29, 1.82) is 0 Å². The molecule has 3 atom stereocenters. The Morgan fingerprint density at radius 1 is 0.926 bits per heavy atom. The lowest BCUT2D eigenvalue weighted by Crippen LogP contribution is -2.63. The molecule has 154 valence electrons. The summed E-state index contributed by atoms with van der Waals surface area (Å²) in [5, 5.41) is 0. The molecule has 1 aromatic carbocycles. The van der Waals surface area contributed by atoms with Crippen LogP contribution in [0.3, 0.4) is 0 Å². The van der Waals surface area contributed by atoms with Crippen molar-refractivity contribution >= 4 is 0 Å². The smallest absolute Gasteiger partial charge is 0.293 e. The van der Waals surface area contributed by atoms with Crippen molar-refractivity contribution in [2.24, 2.45) is 0 Å². The van der Waals surface area contributed by atoms with E-state index in [1.165, 1.54) is 12.1 Å². The third-order valence-corrected chi connectivity index (χ3v) is 5.95. The number of halogens is 3. The Balaban J connectivity index is 2.29. The molecule has 2 nitrogen and oxygen atoms in total. The van der Waals surface area contributed by atoms with E-state index in [-0.39, 0.29) is 11.6 Å². The fraction of sp³-hybridized carbons (Fsp3) is 0.727. The van der Waals surface area contributed by atoms with Gasteiger partial charge in [0.2, 0.25) is 0 Å². The predicted molar refractivity (Wildman–Crippen MR) is 106 cm³/mol. The van der Waals surface area contributed by atoms with Crippen LogP contribution in [0.15, 0.2) is 24.3 Å². The van der Waals surface area contributed by atoms with Gasteiger partial charge in [-0.2, -0.15) is 13.2 Å². The predicted octanol–water partition coefficient (Wildman–Crippen LogP) is 6.13. The molecule has 0 aliphatic carbocycles. The van der Waals surface area contributed by atoms with Gasteiger partial charge < -0.3 is 0 Å². The zero-order chi connectivity index (χ0) is 20.4. The fourth-order valence-corrected chi connectivity index (χ4v) is 4.44. The van der Waals surface area contributed by atoms with Crippen LogP contribution in [-0.2, 0) is 6.18 Å². The van der Waals surface area contributed by atoms with E-state index in [2.05, 4.69) is 51.3 Å². The van der Waals surface area contributed by atoms with Gasteiger partial charge in [0.1, 0.15) is 0 Å². The Labute approximate surface area is 162 Å². The molecule has 0 aromatic heterocycles. The van der Waals surface area contributed by atoms with Crippen LogP contribution >= 0.6 is 0 Å². The van der Waals surface area contributed by atoms with E-state index >= 15 is 0 Å². The molecule has 0 bridgehead atoms. The number of nitrogens with zero attached hydrogens (tertiary/aromatic N) is 2. The van der Waals surface area contributed by atoms with Crippen LogP contribution in [-0.4, -0.2) is 40.5 Å². The number of rotatable bonds is 5. The van der Waals surface area contributed by atoms with Gasteiger partial charge in [-0.25, -0.2) is 0 Å². The van der Waals surface area contributed by atoms with Gasteiger partial charge >= 0.3 is 6.18 Å². The van der Waals surface area contributed by atoms with E-state index < -0.39 is 11.7 Å². The second kappa shape index (κ2) is 8.52. The van der Waals surface area contributed by atoms with E-state index in [0.29, 0.717) is 12.1 Å². The molecular weight excluding hydrogens is 349 g/mol. The molecule has 1 fully saturated rings. The summed E-state index contributed by atoms with van der Waals surface area (Å²) < 4.78 is 38.7. The van der Waals surface area contributed by atoms with Crippen molar-refractivity contribution < 1.29 is 13.2 Å². The highest BCUT2D eigenvalue weighted by Gasteiger charge is 2.40. The van der Waals surface area contributed by atoms with Crippen molar-refractivity contribution in [2.45, 2.75) is 90.6 Å². The summed E-state index contributed by atoms with van der Waals surface area (Å²) in [6, 6.07) is 6.83. The largest absolute Gasteiger partial charge is 0.416 e. The minimum absolute atomic E-state index is 0.121. The molecule has 1 aliphatic heterocycles. The molecule has 0 N–H and O–H groups in total. The van der Waals surface area contributed by atoms with Crippen LogP contribution in [0.5, 0.6) is 0 Å². The van der Waals surface area contributed by atoms with Crippen molar-refractivity contribution in [3.05, 3.63) is 35.4 Å². The molecule has 1 aliphatic rings. The normalized spacial score (nSPS) is 24.2. The molecule has 2 rings (SSSR count). The van der Waals surface area contributed by atoms with Gasteiger partial charge in [0.25, 0.3) is 0 Å². The summed E-state index contributed by atoms with van der Waals surface area (Å²) in [4.78, 5) is 5.15. The molecule has 0 unspecified atom stereocenters. The first-order valence-electron chi connectivity index (χ1n) is 10.2. The van der Waals surface area contributed by atoms with Gasteiger partial charge in [-0.3, -0.25) is 9.80 Å². The quantitative estimate of drug-likeness (QED) is 0.602. The number of piperazine rings is 1. The summed E-state index contributed by atoms with van der Waals surface area (Å²) in [5.74, 6) is 0. The Hall–Kier alpha value is -1.07. The topological polar surface area (TPSA) is 6.48 Å². The summed E-state index contributed by atoms with van der Waals surface area (Å²) in [6.07, 6.45) is -1.26. The van der Waals surface area contributed by atoms with Crippen LogP contribution in [0.2, 0.25) is 0 Å². The lowest BCUT2D eigenvalue weighted by atomic mass is 9.91. The van der Waals surface area contributed by atoms with Gasteiger partial charge in [0.05, 0.1) is 5.56 Å². The van der Waals surface area contributed by atoms with E-state index in [1.54, 1.807) is 12.1 Å². The standard InChI is InChI=1S/C22H35F3N2/c1-7-18-15-27(21(4,5)6)19(8-2)14-26(18)20(9-3)16-10-12-17(13-11-16)22(23,24)25/h10-13,18-20H,7-9,14-15H2,1-6H3/t18-,19+,20-/m1/s1. The van der Waals surface area contributed by atoms with Gasteiger partial charge in [-0.1, -0.05) is 32.9 Å². The van der Waals surface area contributed by atoms with E-state index in [9.17, 15) is 13.2 Å². The monoisotopic (exact) mass is 384 g/mol. The molecule has 1 heterocycles. The average molecular weight is 385 g/mol. The SMILES string of the molecule is CC[C@@H]1CN(C(C)(C)C)[C@@H](CC)CN1[C@H](CC)c1ccc(C(F)(F)F)cc1. The summed E-state index contributed by atoms with van der Waals surface area (Å²) in [7, 11) is 0. The maximum atomic E-state index is 12.9. The first-order chi connectivity index (χ1) is 12.5. The fourth-order valence-electron chi connectivity index (χ4n) is 4.44. The first-order valence-corrected chi connectivity index (χ1v) is 10.2. The molecule has 1 aromatic rings. The molecule has 0 radical (unpaired) electrons. The van der Waals surface area contributed by atoms with Crippen molar-refractivity contribution in [3.8, 4) is 0 Å². The summed E-state index contributed by atoms with van der Waals surface area (Å²) >= 11 is 0. The number of alkyl halides is 3. The number of hydrogen-bond donors (Lipinski definition) is 0. The lowest BCUT2D eigenvalue weighted by molar-refractivity contribution is -0.137. The van der Waals surface area contributed by atoms with Gasteiger partial charge in [0, 0.05) is 36.8 Å². The highest BCUT2D eigenvalue weighted by Crippen LogP contribution is 2.36. The van der Waals surface area contributed by atoms with Crippen LogP contribution in [0.25, 0.3) is 0 Å². The zero-order valence-electron chi connectivity index (χ0n) is 17.6. The molecule has 1 saturated heterocycles. The third kappa shape index (κ3) is 5.05. The van der Waals surface area contributed by atoms with Crippen LogP contribution in [0.4, 0.5) is 13.2 Å². The maximum absolute atomic E-state index is 12.9. The maximum Gasteiger partial charge on any atom is 0.416 e. The van der Waals surface area contributed by atoms with Crippen LogP contribution < -0.4 is 0 Å². The molecule has 0 saturated carbocycles. The number of hydrogen-bond acceptors (Lipinski definition) is 2. The van der Waals surface area contributed by atoms with E-state index in [0.717, 1.165) is 37.9 Å². The van der Waals surface area contributed by atoms with Crippen molar-refractivity contribution in [2.75, 3.05) is 13.1 Å². The number of benzene rings is 1. The molecule has 27 heavy (non-hydrogen) atoms. The second-order valence-corrected chi connectivity index (χ2v) is 8.69. The first kappa shape index (κ1) is 22.2. The highest BCUT2D eigenvalue weighted by atomic mass is 19.4. The third-order valence-electron chi connectivity index (χ3n) is 5.95. The van der Waals surface area contributed by atoms with Crippen molar-refractivity contribution in [3.63, 3.8) is 0 Å². The molecule has 0 spiro atoms. The van der Waals surface area contributed by atoms with Gasteiger partial charge in [-0.05, 0) is 57.7 Å². The van der Waals surface area contributed by atoms with E-state index in [4.69, 9.17) is 0 Å². The average Bonchev–Trinajstić information content (AvgIpc) is 2.60. The van der Waals surface area contributed by atoms with Crippen LogP contribution in [0.1, 0.15) is 78.0 Å². The molecule has 5 heteroatoms. The molecule has 0 amide bonds. The van der Waals surface area contributed by atoms with Gasteiger partial charge in [-0.15, -0.1) is 0 Å². The van der Waals surface area contributed by atoms with E-state index in [1.807, 2.05) is 0 Å². The Morgan fingerprint density at radius 2 is 1.48 bits per heavy atom. The minimum atomic E-state index is -4.28. The van der Waals surface area contributed by atoms with Crippen molar-refractivity contribution in [1.82, 2.24) is 9.80 Å². The van der Waals surface area contributed by atoms with Crippen LogP contribution in [0, 0.1) is 0 Å². The summed E-state index contributed by atoms with van der Waals surface area (Å²) in [5.41, 5.74) is 0.538. The summed E-state index contributed by atoms with van der Waals surface area (Å²) in [6.45, 7) is 15.4. The minimum Gasteiger partial charge on any atom is -0.293 e. The Morgan fingerprint density at radius 3 is 1.89 bits per heavy atom. The second-order valence-electron chi connectivity index (χ2n) is 8.69. The zero-order valence-corrected chi connectivity index (χ0v) is 17.6. The molecular formula is C22H35F3N2. The Bertz CT molecular complexity index is 589.